The van der Waals surface area contributed by atoms with Crippen molar-refractivity contribution in [2.75, 3.05) is 23.7 Å². The van der Waals surface area contributed by atoms with Gasteiger partial charge in [-0.05, 0) is 48.4 Å². The number of rotatable bonds is 4. The van der Waals surface area contributed by atoms with E-state index in [-0.39, 0.29) is 6.61 Å². The summed E-state index contributed by atoms with van der Waals surface area (Å²) in [6, 6.07) is 15.5. The second kappa shape index (κ2) is 6.61. The zero-order chi connectivity index (χ0) is 19.1. The van der Waals surface area contributed by atoms with Gasteiger partial charge in [-0.1, -0.05) is 12.1 Å². The van der Waals surface area contributed by atoms with E-state index in [4.69, 9.17) is 15.7 Å². The van der Waals surface area contributed by atoms with Crippen molar-refractivity contribution in [1.29, 1.82) is 0 Å². The predicted octanol–water partition coefficient (Wildman–Crippen LogP) is 2.77. The third-order valence-electron chi connectivity index (χ3n) is 5.13. The number of nitrogen functional groups attached to an aromatic ring is 1. The van der Waals surface area contributed by atoms with Gasteiger partial charge in [-0.3, -0.25) is 4.57 Å². The smallest absolute Gasteiger partial charge is 0.167 e. The van der Waals surface area contributed by atoms with Crippen LogP contribution < -0.4 is 10.6 Å². The highest BCUT2D eigenvalue weighted by Gasteiger charge is 2.21. The third-order valence-corrected chi connectivity index (χ3v) is 5.13. The molecule has 7 nitrogen and oxygen atoms in total. The maximum Gasteiger partial charge on any atom is 0.167 e. The van der Waals surface area contributed by atoms with E-state index in [1.165, 1.54) is 6.42 Å². The van der Waals surface area contributed by atoms with Crippen LogP contribution >= 0.6 is 0 Å². The van der Waals surface area contributed by atoms with Crippen molar-refractivity contribution in [3.8, 4) is 17.1 Å². The van der Waals surface area contributed by atoms with Gasteiger partial charge in [0.15, 0.2) is 11.5 Å². The van der Waals surface area contributed by atoms with Gasteiger partial charge in [-0.2, -0.15) is 0 Å². The molecule has 3 N–H and O–H groups in total. The molecule has 1 aromatic carbocycles. The second-order valence-electron chi connectivity index (χ2n) is 6.88. The van der Waals surface area contributed by atoms with Gasteiger partial charge in [0.25, 0.3) is 0 Å². The van der Waals surface area contributed by atoms with Crippen LogP contribution in [0.15, 0.2) is 54.7 Å². The van der Waals surface area contributed by atoms with E-state index >= 15 is 0 Å². The third kappa shape index (κ3) is 2.68. The lowest BCUT2D eigenvalue weighted by Gasteiger charge is -2.31. The highest BCUT2D eigenvalue weighted by molar-refractivity contribution is 5.83. The minimum absolute atomic E-state index is 0.00469. The van der Waals surface area contributed by atoms with Crippen molar-refractivity contribution in [1.82, 2.24) is 19.5 Å². The van der Waals surface area contributed by atoms with Gasteiger partial charge >= 0.3 is 0 Å². The lowest BCUT2D eigenvalue weighted by molar-refractivity contribution is 0.282. The quantitative estimate of drug-likeness (QED) is 0.572. The van der Waals surface area contributed by atoms with Gasteiger partial charge in [0.1, 0.15) is 17.2 Å². The number of nitrogens with zero attached hydrogens (tertiary/aromatic N) is 5. The molecule has 28 heavy (non-hydrogen) atoms. The average molecular weight is 372 g/mol. The number of imidazole rings is 1. The molecule has 4 aromatic rings. The molecule has 4 heterocycles. The molecule has 0 spiro atoms. The first-order valence-corrected chi connectivity index (χ1v) is 9.30. The molecule has 0 aliphatic carbocycles. The van der Waals surface area contributed by atoms with Crippen molar-refractivity contribution >= 4 is 22.8 Å². The Balaban J connectivity index is 1.76. The van der Waals surface area contributed by atoms with E-state index in [1.807, 2.05) is 53.1 Å². The Morgan fingerprint density at radius 2 is 1.82 bits per heavy atom. The maximum atomic E-state index is 9.37. The number of hydrogen-bond donors (Lipinski definition) is 2. The monoisotopic (exact) mass is 372 g/mol. The zero-order valence-corrected chi connectivity index (χ0v) is 15.3. The van der Waals surface area contributed by atoms with E-state index in [0.29, 0.717) is 11.6 Å². The average Bonchev–Trinajstić information content (AvgIpc) is 3.05. The number of fused-ring (bicyclic) bond motifs is 1. The summed E-state index contributed by atoms with van der Waals surface area (Å²) in [6.45, 7) is 2.06. The Labute approximate surface area is 162 Å². The molecule has 3 aromatic heterocycles. The summed E-state index contributed by atoms with van der Waals surface area (Å²) in [4.78, 5) is 16.2. The Morgan fingerprint density at radius 1 is 1.00 bits per heavy atom. The molecule has 1 fully saturated rings. The molecule has 5 rings (SSSR count). The summed E-state index contributed by atoms with van der Waals surface area (Å²) in [6.07, 6.45) is 2.86. The molecule has 140 valence electrons. The van der Waals surface area contributed by atoms with Gasteiger partial charge < -0.3 is 15.7 Å². The number of aliphatic hydroxyl groups excluding tert-OH is 1. The normalized spacial score (nSPS) is 13.7. The molecular formula is C21H20N6O. The van der Waals surface area contributed by atoms with Crippen molar-refractivity contribution in [3.63, 3.8) is 0 Å². The Hall–Kier alpha value is -3.45. The molecule has 0 unspecified atom stereocenters. The van der Waals surface area contributed by atoms with E-state index in [2.05, 4.69) is 9.88 Å². The zero-order valence-electron chi connectivity index (χ0n) is 15.3. The van der Waals surface area contributed by atoms with Gasteiger partial charge in [-0.25, -0.2) is 15.0 Å². The molecule has 7 heteroatoms. The van der Waals surface area contributed by atoms with Crippen LogP contribution in [-0.2, 0) is 6.61 Å². The fourth-order valence-electron chi connectivity index (χ4n) is 3.45. The lowest BCUT2D eigenvalue weighted by atomic mass is 10.2. The van der Waals surface area contributed by atoms with Gasteiger partial charge in [0.05, 0.1) is 12.2 Å². The molecular weight excluding hydrogens is 352 g/mol. The van der Waals surface area contributed by atoms with Crippen molar-refractivity contribution in [3.05, 3.63) is 60.3 Å². The minimum atomic E-state index is 0.00469. The number of aromatic nitrogens is 4. The molecule has 1 aliphatic heterocycles. The van der Waals surface area contributed by atoms with Gasteiger partial charge in [-0.15, -0.1) is 0 Å². The summed E-state index contributed by atoms with van der Waals surface area (Å²) in [7, 11) is 0. The van der Waals surface area contributed by atoms with Crippen molar-refractivity contribution < 1.29 is 5.11 Å². The summed E-state index contributed by atoms with van der Waals surface area (Å²) in [5, 5.41) is 9.37. The van der Waals surface area contributed by atoms with Gasteiger partial charge in [0.2, 0.25) is 0 Å². The highest BCUT2D eigenvalue weighted by atomic mass is 16.3. The Morgan fingerprint density at radius 3 is 2.50 bits per heavy atom. The summed E-state index contributed by atoms with van der Waals surface area (Å²) in [5.74, 6) is 2.08. The van der Waals surface area contributed by atoms with E-state index < -0.39 is 0 Å². The molecule has 0 amide bonds. The van der Waals surface area contributed by atoms with Gasteiger partial charge in [0, 0.05) is 25.0 Å². The molecule has 0 bridgehead atoms. The van der Waals surface area contributed by atoms with Crippen LogP contribution in [0.4, 0.5) is 11.6 Å². The molecule has 0 radical (unpaired) electrons. The lowest BCUT2D eigenvalue weighted by Crippen LogP contribution is -2.37. The van der Waals surface area contributed by atoms with Crippen LogP contribution in [0.25, 0.3) is 28.2 Å². The van der Waals surface area contributed by atoms with E-state index in [9.17, 15) is 5.11 Å². The topological polar surface area (TPSA) is 93.1 Å². The van der Waals surface area contributed by atoms with Crippen LogP contribution in [0.3, 0.4) is 0 Å². The molecule has 0 saturated carbocycles. The first kappa shape index (κ1) is 16.7. The molecule has 0 atom stereocenters. The Bertz CT molecular complexity index is 1150. The number of aliphatic hydroxyl groups is 1. The predicted molar refractivity (Wildman–Crippen MR) is 109 cm³/mol. The number of benzene rings is 1. The number of anilines is 2. The molecule has 1 saturated heterocycles. The molecule has 1 aliphatic rings. The van der Waals surface area contributed by atoms with E-state index in [0.717, 1.165) is 46.9 Å². The standard InChI is InChI=1S/C21H20N6O/c22-19-16(3-1-10-23-19)20-24-17-8-9-18(26-11-2-12-26)25-21(17)27(20)15-6-4-14(13-28)5-7-15/h1,3-10,28H,2,11-13H2,(H2,22,23). The first-order valence-electron chi connectivity index (χ1n) is 9.30. The highest BCUT2D eigenvalue weighted by Crippen LogP contribution is 2.31. The van der Waals surface area contributed by atoms with Crippen molar-refractivity contribution in [2.45, 2.75) is 13.0 Å². The number of hydrogen-bond acceptors (Lipinski definition) is 6. The number of pyridine rings is 2. The fourth-order valence-corrected chi connectivity index (χ4v) is 3.45. The minimum Gasteiger partial charge on any atom is -0.392 e. The summed E-state index contributed by atoms with van der Waals surface area (Å²) in [5.41, 5.74) is 10.2. The first-order chi connectivity index (χ1) is 13.7. The van der Waals surface area contributed by atoms with Crippen LogP contribution in [-0.4, -0.2) is 37.7 Å². The second-order valence-corrected chi connectivity index (χ2v) is 6.88. The summed E-state index contributed by atoms with van der Waals surface area (Å²) < 4.78 is 2.01. The maximum absolute atomic E-state index is 9.37. The SMILES string of the molecule is Nc1ncccc1-c1nc2ccc(N3CCC3)nc2n1-c1ccc(CO)cc1. The fraction of sp³-hybridized carbons (Fsp3) is 0.190. The summed E-state index contributed by atoms with van der Waals surface area (Å²) >= 11 is 0. The Kier molecular flexibility index (Phi) is 3.95. The van der Waals surface area contributed by atoms with Crippen LogP contribution in [0.1, 0.15) is 12.0 Å². The number of nitrogens with two attached hydrogens (primary N) is 1. The van der Waals surface area contributed by atoms with Crippen LogP contribution in [0.2, 0.25) is 0 Å². The van der Waals surface area contributed by atoms with E-state index in [1.54, 1.807) is 6.20 Å². The van der Waals surface area contributed by atoms with Crippen LogP contribution in [0.5, 0.6) is 0 Å². The largest absolute Gasteiger partial charge is 0.392 e. The van der Waals surface area contributed by atoms with Crippen LogP contribution in [0, 0.1) is 0 Å². The van der Waals surface area contributed by atoms with Crippen molar-refractivity contribution in [2.24, 2.45) is 0 Å².